The standard InChI is InChI=1S/C17H25NO2/c1-15(2,3)17(13-7-5-4-6-8-13)10-16(11-17,12-18)9-14(19)20/h4-8H,9-12,18H2,1-3H3,(H,19,20)/t16-,17-. The van der Waals surface area contributed by atoms with Gasteiger partial charge in [0.1, 0.15) is 0 Å². The summed E-state index contributed by atoms with van der Waals surface area (Å²) in [5.74, 6) is -0.744. The zero-order chi connectivity index (χ0) is 15.0. The molecule has 3 nitrogen and oxygen atoms in total. The molecule has 1 aliphatic carbocycles. The lowest BCUT2D eigenvalue weighted by Gasteiger charge is -2.62. The summed E-state index contributed by atoms with van der Waals surface area (Å²) in [6.45, 7) is 7.16. The molecule has 1 saturated carbocycles. The van der Waals surface area contributed by atoms with Crippen LogP contribution in [0.1, 0.15) is 45.6 Å². The highest BCUT2D eigenvalue weighted by molar-refractivity contribution is 5.68. The highest BCUT2D eigenvalue weighted by Gasteiger charge is 2.60. The van der Waals surface area contributed by atoms with Crippen molar-refractivity contribution in [2.24, 2.45) is 16.6 Å². The molecule has 0 bridgehead atoms. The number of carbonyl (C=O) groups is 1. The summed E-state index contributed by atoms with van der Waals surface area (Å²) in [6.07, 6.45) is 1.89. The van der Waals surface area contributed by atoms with Crippen LogP contribution in [0.3, 0.4) is 0 Å². The number of nitrogens with two attached hydrogens (primary N) is 1. The molecule has 1 fully saturated rings. The van der Waals surface area contributed by atoms with Crippen LogP contribution in [-0.4, -0.2) is 17.6 Å². The van der Waals surface area contributed by atoms with Crippen molar-refractivity contribution in [2.45, 2.75) is 45.4 Å². The lowest BCUT2D eigenvalue weighted by atomic mass is 9.42. The van der Waals surface area contributed by atoms with Gasteiger partial charge in [0.05, 0.1) is 6.42 Å². The lowest BCUT2D eigenvalue weighted by molar-refractivity contribution is -0.145. The number of hydrogen-bond donors (Lipinski definition) is 2. The van der Waals surface area contributed by atoms with Crippen molar-refractivity contribution < 1.29 is 9.90 Å². The molecule has 3 heteroatoms. The molecule has 0 spiro atoms. The van der Waals surface area contributed by atoms with Gasteiger partial charge in [0, 0.05) is 5.41 Å². The first-order valence-corrected chi connectivity index (χ1v) is 7.22. The molecule has 0 aliphatic heterocycles. The summed E-state index contributed by atoms with van der Waals surface area (Å²) in [4.78, 5) is 11.1. The summed E-state index contributed by atoms with van der Waals surface area (Å²) in [7, 11) is 0. The van der Waals surface area contributed by atoms with Crippen molar-refractivity contribution >= 4 is 5.97 Å². The van der Waals surface area contributed by atoms with E-state index >= 15 is 0 Å². The SMILES string of the molecule is CC(C)(C)[C@]1(c2ccccc2)C[C@](CN)(CC(=O)O)C1. The number of aliphatic carboxylic acids is 1. The molecule has 1 aliphatic rings. The number of rotatable bonds is 4. The Bertz CT molecular complexity index is 481. The average Bonchev–Trinajstić information content (AvgIpc) is 2.32. The van der Waals surface area contributed by atoms with Crippen LogP contribution in [0.2, 0.25) is 0 Å². The molecule has 2 rings (SSSR count). The Balaban J connectivity index is 2.34. The van der Waals surface area contributed by atoms with Gasteiger partial charge >= 0.3 is 5.97 Å². The zero-order valence-electron chi connectivity index (χ0n) is 12.6. The van der Waals surface area contributed by atoms with E-state index < -0.39 is 5.97 Å². The minimum absolute atomic E-state index is 0.0308. The topological polar surface area (TPSA) is 63.3 Å². The monoisotopic (exact) mass is 275 g/mol. The number of hydrogen-bond acceptors (Lipinski definition) is 2. The van der Waals surface area contributed by atoms with Gasteiger partial charge in [0.25, 0.3) is 0 Å². The maximum absolute atomic E-state index is 11.1. The summed E-state index contributed by atoms with van der Waals surface area (Å²) in [5, 5.41) is 9.13. The van der Waals surface area contributed by atoms with E-state index in [9.17, 15) is 4.79 Å². The van der Waals surface area contributed by atoms with Crippen molar-refractivity contribution in [3.63, 3.8) is 0 Å². The van der Waals surface area contributed by atoms with Gasteiger partial charge in [-0.2, -0.15) is 0 Å². The van der Waals surface area contributed by atoms with Crippen LogP contribution >= 0.6 is 0 Å². The van der Waals surface area contributed by atoms with E-state index in [0.29, 0.717) is 6.54 Å². The molecule has 0 atom stereocenters. The van der Waals surface area contributed by atoms with E-state index in [4.69, 9.17) is 10.8 Å². The maximum Gasteiger partial charge on any atom is 0.303 e. The molecular weight excluding hydrogens is 250 g/mol. The summed E-state index contributed by atoms with van der Waals surface area (Å²) < 4.78 is 0. The van der Waals surface area contributed by atoms with Gasteiger partial charge in [-0.25, -0.2) is 0 Å². The third-order valence-corrected chi connectivity index (χ3v) is 5.07. The van der Waals surface area contributed by atoms with Crippen LogP contribution in [0.25, 0.3) is 0 Å². The second-order valence-corrected chi connectivity index (χ2v) is 7.33. The fourth-order valence-electron chi connectivity index (χ4n) is 3.82. The maximum atomic E-state index is 11.1. The van der Waals surface area contributed by atoms with Gasteiger partial charge in [0.2, 0.25) is 0 Å². The predicted octanol–water partition coefficient (Wildman–Crippen LogP) is 3.18. The van der Waals surface area contributed by atoms with Gasteiger partial charge in [-0.15, -0.1) is 0 Å². The third kappa shape index (κ3) is 2.35. The third-order valence-electron chi connectivity index (χ3n) is 5.07. The Labute approximate surface area is 121 Å². The molecule has 110 valence electrons. The van der Waals surface area contributed by atoms with Crippen molar-refractivity contribution in [1.82, 2.24) is 0 Å². The Hall–Kier alpha value is -1.35. The smallest absolute Gasteiger partial charge is 0.303 e. The molecule has 0 aromatic heterocycles. The highest BCUT2D eigenvalue weighted by atomic mass is 16.4. The molecule has 3 N–H and O–H groups in total. The van der Waals surface area contributed by atoms with Gasteiger partial charge in [0.15, 0.2) is 0 Å². The van der Waals surface area contributed by atoms with Crippen molar-refractivity contribution in [1.29, 1.82) is 0 Å². The van der Waals surface area contributed by atoms with E-state index in [1.165, 1.54) is 5.56 Å². The largest absolute Gasteiger partial charge is 0.481 e. The Morgan fingerprint density at radius 2 is 1.80 bits per heavy atom. The molecule has 1 aromatic carbocycles. The summed E-state index contributed by atoms with van der Waals surface area (Å²) >= 11 is 0. The molecule has 20 heavy (non-hydrogen) atoms. The Morgan fingerprint density at radius 3 is 2.20 bits per heavy atom. The van der Waals surface area contributed by atoms with E-state index in [-0.39, 0.29) is 22.7 Å². The normalized spacial score (nSPS) is 29.8. The number of carboxylic acids is 1. The molecular formula is C17H25NO2. The first kappa shape index (κ1) is 15.0. The number of carboxylic acid groups (broad SMARTS) is 1. The molecule has 0 saturated heterocycles. The molecule has 0 heterocycles. The fourth-order valence-corrected chi connectivity index (χ4v) is 3.82. The molecule has 1 aromatic rings. The van der Waals surface area contributed by atoms with E-state index in [1.54, 1.807) is 0 Å². The minimum Gasteiger partial charge on any atom is -0.481 e. The first-order chi connectivity index (χ1) is 9.25. The lowest BCUT2D eigenvalue weighted by Crippen LogP contribution is -2.59. The first-order valence-electron chi connectivity index (χ1n) is 7.22. The Kier molecular flexibility index (Phi) is 3.67. The van der Waals surface area contributed by atoms with Gasteiger partial charge in [-0.1, -0.05) is 51.1 Å². The second kappa shape index (κ2) is 4.88. The molecule has 0 unspecified atom stereocenters. The minimum atomic E-state index is -0.744. The van der Waals surface area contributed by atoms with Gasteiger partial charge in [-0.05, 0) is 35.8 Å². The molecule has 0 amide bonds. The quantitative estimate of drug-likeness (QED) is 0.887. The average molecular weight is 275 g/mol. The second-order valence-electron chi connectivity index (χ2n) is 7.33. The van der Waals surface area contributed by atoms with Crippen LogP contribution in [-0.2, 0) is 10.2 Å². The summed E-state index contributed by atoms with van der Waals surface area (Å²) in [6, 6.07) is 10.5. The van der Waals surface area contributed by atoms with Crippen molar-refractivity contribution in [3.05, 3.63) is 35.9 Å². The van der Waals surface area contributed by atoms with Crippen LogP contribution < -0.4 is 5.73 Å². The summed E-state index contributed by atoms with van der Waals surface area (Å²) in [5.41, 5.74) is 7.08. The van der Waals surface area contributed by atoms with Crippen LogP contribution in [0.4, 0.5) is 0 Å². The predicted molar refractivity (Wildman–Crippen MR) is 80.5 cm³/mol. The highest BCUT2D eigenvalue weighted by Crippen LogP contribution is 2.64. The van der Waals surface area contributed by atoms with E-state index in [1.807, 2.05) is 6.07 Å². The molecule has 0 radical (unpaired) electrons. The fraction of sp³-hybridized carbons (Fsp3) is 0.588. The number of benzene rings is 1. The van der Waals surface area contributed by atoms with Gasteiger partial charge < -0.3 is 10.8 Å². The van der Waals surface area contributed by atoms with Gasteiger partial charge in [-0.3, -0.25) is 4.79 Å². The zero-order valence-corrected chi connectivity index (χ0v) is 12.6. The van der Waals surface area contributed by atoms with Crippen molar-refractivity contribution in [3.8, 4) is 0 Å². The van der Waals surface area contributed by atoms with E-state index in [0.717, 1.165) is 12.8 Å². The van der Waals surface area contributed by atoms with E-state index in [2.05, 4.69) is 45.0 Å². The van der Waals surface area contributed by atoms with Crippen LogP contribution in [0.15, 0.2) is 30.3 Å². The van der Waals surface area contributed by atoms with Crippen LogP contribution in [0, 0.1) is 10.8 Å². The van der Waals surface area contributed by atoms with Crippen molar-refractivity contribution in [2.75, 3.05) is 6.54 Å². The Morgan fingerprint density at radius 1 is 1.25 bits per heavy atom. The van der Waals surface area contributed by atoms with Crippen LogP contribution in [0.5, 0.6) is 0 Å².